The molecule has 0 aromatic rings. The minimum atomic E-state index is 1.33. The van der Waals surface area contributed by atoms with Crippen molar-refractivity contribution < 1.29 is 0 Å². The van der Waals surface area contributed by atoms with E-state index >= 15 is 0 Å². The monoisotopic (exact) mass is 207 g/mol. The van der Waals surface area contributed by atoms with Crippen LogP contribution in [0.4, 0.5) is 0 Å². The topological polar surface area (TPSA) is 3.24 Å². The highest BCUT2D eigenvalue weighted by Gasteiger charge is 2.14. The molecule has 0 aromatic carbocycles. The van der Waals surface area contributed by atoms with Crippen molar-refractivity contribution in [3.63, 3.8) is 0 Å². The first-order chi connectivity index (χ1) is 7.47. The van der Waals surface area contributed by atoms with Gasteiger partial charge >= 0.3 is 0 Å². The highest BCUT2D eigenvalue weighted by molar-refractivity contribution is 5.03. The minimum Gasteiger partial charge on any atom is -0.375 e. The summed E-state index contributed by atoms with van der Waals surface area (Å²) in [7, 11) is 0. The lowest BCUT2D eigenvalue weighted by Crippen LogP contribution is -2.18. The fourth-order valence-corrected chi connectivity index (χ4v) is 2.82. The summed E-state index contributed by atoms with van der Waals surface area (Å²) >= 11 is 0. The molecule has 1 heteroatoms. The number of hydrogen-bond acceptors (Lipinski definition) is 1. The van der Waals surface area contributed by atoms with Crippen LogP contribution in [0, 0.1) is 0 Å². The summed E-state index contributed by atoms with van der Waals surface area (Å²) in [4.78, 5) is 2.64. The molecule has 0 aromatic heterocycles. The summed E-state index contributed by atoms with van der Waals surface area (Å²) in [5.41, 5.74) is 1.68. The molecule has 0 saturated carbocycles. The molecule has 0 amide bonds. The third-order valence-corrected chi connectivity index (χ3v) is 3.78. The molecule has 1 heterocycles. The van der Waals surface area contributed by atoms with Crippen LogP contribution in [0.2, 0.25) is 0 Å². The maximum absolute atomic E-state index is 2.64. The fraction of sp³-hybridized carbons (Fsp3) is 0.857. The van der Waals surface area contributed by atoms with Crippen LogP contribution in [-0.2, 0) is 0 Å². The Labute approximate surface area is 94.5 Å². The smallest absolute Gasteiger partial charge is 0.0175 e. The van der Waals surface area contributed by atoms with Crippen molar-refractivity contribution in [2.45, 2.75) is 64.2 Å². The molecule has 2 aliphatic rings. The molecule has 1 fully saturated rings. The van der Waals surface area contributed by atoms with E-state index in [1.54, 1.807) is 5.70 Å². The third-order valence-electron chi connectivity index (χ3n) is 3.78. The van der Waals surface area contributed by atoms with Gasteiger partial charge in [-0.1, -0.05) is 31.8 Å². The molecule has 1 saturated heterocycles. The Kier molecular flexibility index (Phi) is 4.56. The van der Waals surface area contributed by atoms with Crippen LogP contribution in [0.25, 0.3) is 0 Å². The molecule has 2 rings (SSSR count). The molecule has 86 valence electrons. The van der Waals surface area contributed by atoms with Gasteiger partial charge in [-0.05, 0) is 38.5 Å². The van der Waals surface area contributed by atoms with E-state index in [0.29, 0.717) is 0 Å². The summed E-state index contributed by atoms with van der Waals surface area (Å²) in [6.07, 6.45) is 16.7. The van der Waals surface area contributed by atoms with E-state index in [4.69, 9.17) is 0 Å². The Morgan fingerprint density at radius 1 is 0.733 bits per heavy atom. The quantitative estimate of drug-likeness (QED) is 0.625. The first-order valence-electron chi connectivity index (χ1n) is 6.91. The molecule has 1 aliphatic heterocycles. The number of rotatable bonds is 1. The molecule has 0 atom stereocenters. The van der Waals surface area contributed by atoms with E-state index in [0.717, 1.165) is 0 Å². The first kappa shape index (κ1) is 11.0. The highest BCUT2D eigenvalue weighted by atomic mass is 15.1. The zero-order chi connectivity index (χ0) is 10.3. The van der Waals surface area contributed by atoms with Gasteiger partial charge in [-0.3, -0.25) is 0 Å². The number of hydrogen-bond donors (Lipinski definition) is 0. The number of nitrogens with zero attached hydrogens (tertiary/aromatic N) is 1. The van der Waals surface area contributed by atoms with Gasteiger partial charge in [0.2, 0.25) is 0 Å². The standard InChI is InChI=1S/C14H25N/c1-2-4-6-10-14(11-7-5-3-1)15-12-8-9-13-15/h10H,1-9,11-13H2. The van der Waals surface area contributed by atoms with E-state index in [1.165, 1.54) is 77.3 Å². The molecule has 0 radical (unpaired) electrons. The van der Waals surface area contributed by atoms with Crippen LogP contribution in [0.5, 0.6) is 0 Å². The predicted molar refractivity (Wildman–Crippen MR) is 65.8 cm³/mol. The van der Waals surface area contributed by atoms with Crippen LogP contribution in [0.3, 0.4) is 0 Å². The summed E-state index contributed by atoms with van der Waals surface area (Å²) < 4.78 is 0. The second-order valence-corrected chi connectivity index (χ2v) is 5.05. The van der Waals surface area contributed by atoms with Crippen molar-refractivity contribution in [1.82, 2.24) is 4.90 Å². The molecule has 15 heavy (non-hydrogen) atoms. The van der Waals surface area contributed by atoms with E-state index in [9.17, 15) is 0 Å². The maximum Gasteiger partial charge on any atom is 0.0175 e. The van der Waals surface area contributed by atoms with Gasteiger partial charge in [0.1, 0.15) is 0 Å². The van der Waals surface area contributed by atoms with E-state index in [1.807, 2.05) is 0 Å². The number of likely N-dealkylation sites (tertiary alicyclic amines) is 1. The predicted octanol–water partition coefficient (Wildman–Crippen LogP) is 4.10. The lowest BCUT2D eigenvalue weighted by molar-refractivity contribution is 0.396. The van der Waals surface area contributed by atoms with E-state index in [2.05, 4.69) is 11.0 Å². The largest absolute Gasteiger partial charge is 0.375 e. The molecule has 1 nitrogen and oxygen atoms in total. The van der Waals surface area contributed by atoms with Crippen LogP contribution in [-0.4, -0.2) is 18.0 Å². The van der Waals surface area contributed by atoms with Gasteiger partial charge in [-0.2, -0.15) is 0 Å². The highest BCUT2D eigenvalue weighted by Crippen LogP contribution is 2.22. The molecule has 1 aliphatic carbocycles. The van der Waals surface area contributed by atoms with Gasteiger partial charge < -0.3 is 4.90 Å². The average molecular weight is 207 g/mol. The Hall–Kier alpha value is -0.460. The summed E-state index contributed by atoms with van der Waals surface area (Å²) in [6, 6.07) is 0. The van der Waals surface area contributed by atoms with Crippen LogP contribution in [0.15, 0.2) is 11.8 Å². The Balaban J connectivity index is 1.89. The Morgan fingerprint density at radius 3 is 2.20 bits per heavy atom. The van der Waals surface area contributed by atoms with Gasteiger partial charge in [0.25, 0.3) is 0 Å². The number of allylic oxidation sites excluding steroid dienone is 2. The fourth-order valence-electron chi connectivity index (χ4n) is 2.82. The Bertz CT molecular complexity index is 201. The van der Waals surface area contributed by atoms with Crippen LogP contribution >= 0.6 is 0 Å². The molecular weight excluding hydrogens is 182 g/mol. The Morgan fingerprint density at radius 2 is 1.40 bits per heavy atom. The SMILES string of the molecule is C1=C(N2CCCC2)CCCCCCCC1. The van der Waals surface area contributed by atoms with Crippen molar-refractivity contribution in [3.05, 3.63) is 11.8 Å². The summed E-state index contributed by atoms with van der Waals surface area (Å²) in [5.74, 6) is 0. The summed E-state index contributed by atoms with van der Waals surface area (Å²) in [5, 5.41) is 0. The molecule has 0 spiro atoms. The van der Waals surface area contributed by atoms with Gasteiger partial charge in [-0.15, -0.1) is 0 Å². The molecule has 0 N–H and O–H groups in total. The zero-order valence-electron chi connectivity index (χ0n) is 10.0. The minimum absolute atomic E-state index is 1.33. The molecular formula is C14H25N. The van der Waals surface area contributed by atoms with E-state index in [-0.39, 0.29) is 0 Å². The molecule has 0 unspecified atom stereocenters. The second-order valence-electron chi connectivity index (χ2n) is 5.05. The van der Waals surface area contributed by atoms with Crippen molar-refractivity contribution in [3.8, 4) is 0 Å². The lowest BCUT2D eigenvalue weighted by atomic mass is 10.0. The van der Waals surface area contributed by atoms with Crippen molar-refractivity contribution in [2.24, 2.45) is 0 Å². The van der Waals surface area contributed by atoms with Crippen molar-refractivity contribution in [1.29, 1.82) is 0 Å². The van der Waals surface area contributed by atoms with Gasteiger partial charge in [0.05, 0.1) is 0 Å². The second kappa shape index (κ2) is 6.19. The summed E-state index contributed by atoms with van der Waals surface area (Å²) in [6.45, 7) is 2.65. The lowest BCUT2D eigenvalue weighted by Gasteiger charge is -2.22. The third kappa shape index (κ3) is 3.55. The zero-order valence-corrected chi connectivity index (χ0v) is 10.0. The molecule has 0 bridgehead atoms. The van der Waals surface area contributed by atoms with Gasteiger partial charge in [-0.25, -0.2) is 0 Å². The maximum atomic E-state index is 2.64. The van der Waals surface area contributed by atoms with Crippen LogP contribution in [0.1, 0.15) is 64.2 Å². The van der Waals surface area contributed by atoms with Crippen LogP contribution < -0.4 is 0 Å². The van der Waals surface area contributed by atoms with Crippen molar-refractivity contribution >= 4 is 0 Å². The average Bonchev–Trinajstić information content (AvgIpc) is 2.79. The first-order valence-corrected chi connectivity index (χ1v) is 6.91. The van der Waals surface area contributed by atoms with Crippen molar-refractivity contribution in [2.75, 3.05) is 13.1 Å². The van der Waals surface area contributed by atoms with E-state index < -0.39 is 0 Å². The van der Waals surface area contributed by atoms with Gasteiger partial charge in [0, 0.05) is 18.8 Å². The normalized spacial score (nSPS) is 25.1. The van der Waals surface area contributed by atoms with Gasteiger partial charge in [0.15, 0.2) is 0 Å².